The van der Waals surface area contributed by atoms with Gasteiger partial charge in [0.2, 0.25) is 0 Å². The summed E-state index contributed by atoms with van der Waals surface area (Å²) < 4.78 is 5.97. The molecule has 0 saturated heterocycles. The lowest BCUT2D eigenvalue weighted by molar-refractivity contribution is 0.00326. The molecule has 0 spiro atoms. The first-order valence-corrected chi connectivity index (χ1v) is 8.36. The molecule has 5 heteroatoms. The van der Waals surface area contributed by atoms with Gasteiger partial charge in [-0.25, -0.2) is 4.79 Å². The number of carbonyl (C=O) groups excluding carboxylic acids is 1. The predicted octanol–water partition coefficient (Wildman–Crippen LogP) is 2.43. The van der Waals surface area contributed by atoms with Crippen LogP contribution in [0.25, 0.3) is 0 Å². The lowest BCUT2D eigenvalue weighted by Crippen LogP contribution is -2.52. The molecule has 0 aliphatic heterocycles. The molecular formula is C16H32N2O3. The number of aliphatic hydroxyl groups excluding tert-OH is 1. The molecule has 1 rings (SSSR count). The number of nitrogens with one attached hydrogen (secondary N) is 2. The molecule has 0 aromatic carbocycles. The van der Waals surface area contributed by atoms with Gasteiger partial charge in [-0.05, 0) is 31.6 Å². The second kappa shape index (κ2) is 10.0. The van der Waals surface area contributed by atoms with Crippen molar-refractivity contribution in [2.24, 2.45) is 5.92 Å². The van der Waals surface area contributed by atoms with Crippen molar-refractivity contribution in [1.82, 2.24) is 10.6 Å². The monoisotopic (exact) mass is 300 g/mol. The Morgan fingerprint density at radius 1 is 1.33 bits per heavy atom. The maximum Gasteiger partial charge on any atom is 0.315 e. The molecule has 3 atom stereocenters. The van der Waals surface area contributed by atoms with E-state index in [4.69, 9.17) is 9.84 Å². The standard InChI is InChI=1S/C16H32N2O3/c1-4-13(11-19)17-16(20)18-14-7-5-6-8-15(14)21-10-9-12(2)3/h12-15,19H,4-11H2,1-3H3,(H2,17,18,20). The Kier molecular flexibility index (Phi) is 8.69. The first kappa shape index (κ1) is 18.2. The molecule has 2 amide bonds. The van der Waals surface area contributed by atoms with Crippen LogP contribution in [-0.2, 0) is 4.74 Å². The van der Waals surface area contributed by atoms with Crippen molar-refractivity contribution in [2.45, 2.75) is 77.5 Å². The summed E-state index contributed by atoms with van der Waals surface area (Å²) in [7, 11) is 0. The predicted molar refractivity (Wildman–Crippen MR) is 84.3 cm³/mol. The smallest absolute Gasteiger partial charge is 0.315 e. The summed E-state index contributed by atoms with van der Waals surface area (Å²) in [6.45, 7) is 7.05. The lowest BCUT2D eigenvalue weighted by atomic mass is 9.92. The van der Waals surface area contributed by atoms with E-state index in [1.54, 1.807) is 0 Å². The third-order valence-corrected chi connectivity index (χ3v) is 4.09. The summed E-state index contributed by atoms with van der Waals surface area (Å²) >= 11 is 0. The van der Waals surface area contributed by atoms with Crippen LogP contribution < -0.4 is 10.6 Å². The van der Waals surface area contributed by atoms with Gasteiger partial charge in [0.05, 0.1) is 24.8 Å². The van der Waals surface area contributed by atoms with Gasteiger partial charge >= 0.3 is 6.03 Å². The van der Waals surface area contributed by atoms with Crippen molar-refractivity contribution in [1.29, 1.82) is 0 Å². The molecule has 0 aromatic rings. The van der Waals surface area contributed by atoms with Gasteiger partial charge in [-0.3, -0.25) is 0 Å². The number of hydrogen-bond acceptors (Lipinski definition) is 3. The van der Waals surface area contributed by atoms with E-state index in [1.165, 1.54) is 6.42 Å². The quantitative estimate of drug-likeness (QED) is 0.645. The Hall–Kier alpha value is -0.810. The number of hydrogen-bond donors (Lipinski definition) is 3. The summed E-state index contributed by atoms with van der Waals surface area (Å²) in [4.78, 5) is 12.0. The molecule has 1 saturated carbocycles. The summed E-state index contributed by atoms with van der Waals surface area (Å²) in [5, 5.41) is 15.0. The molecule has 1 aliphatic rings. The van der Waals surface area contributed by atoms with Crippen LogP contribution in [0.15, 0.2) is 0 Å². The molecule has 5 nitrogen and oxygen atoms in total. The van der Waals surface area contributed by atoms with Crippen molar-refractivity contribution < 1.29 is 14.6 Å². The van der Waals surface area contributed by atoms with Gasteiger partial charge in [-0.2, -0.15) is 0 Å². The average molecular weight is 300 g/mol. The first-order chi connectivity index (χ1) is 10.1. The SMILES string of the molecule is CCC(CO)NC(=O)NC1CCCCC1OCCC(C)C. The number of amides is 2. The zero-order chi connectivity index (χ0) is 15.7. The summed E-state index contributed by atoms with van der Waals surface area (Å²) in [5.41, 5.74) is 0. The van der Waals surface area contributed by atoms with E-state index in [9.17, 15) is 4.79 Å². The fourth-order valence-corrected chi connectivity index (χ4v) is 2.59. The number of rotatable bonds is 8. The molecular weight excluding hydrogens is 268 g/mol. The van der Waals surface area contributed by atoms with Gasteiger partial charge < -0.3 is 20.5 Å². The summed E-state index contributed by atoms with van der Waals surface area (Å²) in [6.07, 6.45) is 6.18. The fourth-order valence-electron chi connectivity index (χ4n) is 2.59. The van der Waals surface area contributed by atoms with Gasteiger partial charge in [-0.15, -0.1) is 0 Å². The molecule has 1 fully saturated rings. The molecule has 0 bridgehead atoms. The third-order valence-electron chi connectivity index (χ3n) is 4.09. The van der Waals surface area contributed by atoms with E-state index in [0.717, 1.165) is 38.7 Å². The van der Waals surface area contributed by atoms with E-state index in [0.29, 0.717) is 5.92 Å². The molecule has 3 N–H and O–H groups in total. The van der Waals surface area contributed by atoms with Gasteiger partial charge in [0.25, 0.3) is 0 Å². The van der Waals surface area contributed by atoms with E-state index in [-0.39, 0.29) is 30.8 Å². The van der Waals surface area contributed by atoms with E-state index >= 15 is 0 Å². The van der Waals surface area contributed by atoms with Crippen LogP contribution in [0.4, 0.5) is 4.79 Å². The molecule has 0 radical (unpaired) electrons. The highest BCUT2D eigenvalue weighted by Crippen LogP contribution is 2.22. The Morgan fingerprint density at radius 3 is 2.67 bits per heavy atom. The van der Waals surface area contributed by atoms with Crippen LogP contribution >= 0.6 is 0 Å². The number of ether oxygens (including phenoxy) is 1. The van der Waals surface area contributed by atoms with Crippen LogP contribution in [0.2, 0.25) is 0 Å². The van der Waals surface area contributed by atoms with Crippen molar-refractivity contribution in [3.63, 3.8) is 0 Å². The van der Waals surface area contributed by atoms with Gasteiger partial charge in [-0.1, -0.05) is 33.6 Å². The topological polar surface area (TPSA) is 70.6 Å². The molecule has 21 heavy (non-hydrogen) atoms. The molecule has 0 heterocycles. The highest BCUT2D eigenvalue weighted by molar-refractivity contribution is 5.74. The zero-order valence-electron chi connectivity index (χ0n) is 13.7. The minimum atomic E-state index is -0.194. The van der Waals surface area contributed by atoms with Crippen LogP contribution in [0.5, 0.6) is 0 Å². The minimum Gasteiger partial charge on any atom is -0.394 e. The van der Waals surface area contributed by atoms with Crippen LogP contribution in [0.1, 0.15) is 59.3 Å². The molecule has 1 aliphatic carbocycles. The number of urea groups is 1. The van der Waals surface area contributed by atoms with Crippen molar-refractivity contribution >= 4 is 6.03 Å². The number of aliphatic hydroxyl groups is 1. The van der Waals surface area contributed by atoms with E-state index in [2.05, 4.69) is 24.5 Å². The zero-order valence-corrected chi connectivity index (χ0v) is 13.7. The van der Waals surface area contributed by atoms with Crippen LogP contribution in [-0.4, -0.2) is 42.5 Å². The van der Waals surface area contributed by atoms with Gasteiger partial charge in [0.15, 0.2) is 0 Å². The largest absolute Gasteiger partial charge is 0.394 e. The third kappa shape index (κ3) is 7.14. The Bertz CT molecular complexity index is 293. The second-order valence-corrected chi connectivity index (χ2v) is 6.39. The first-order valence-electron chi connectivity index (χ1n) is 8.36. The Labute approximate surface area is 128 Å². The van der Waals surface area contributed by atoms with Crippen molar-refractivity contribution in [3.8, 4) is 0 Å². The van der Waals surface area contributed by atoms with Crippen LogP contribution in [0, 0.1) is 5.92 Å². The maximum atomic E-state index is 12.0. The highest BCUT2D eigenvalue weighted by Gasteiger charge is 2.27. The van der Waals surface area contributed by atoms with Gasteiger partial charge in [0.1, 0.15) is 0 Å². The number of carbonyl (C=O) groups is 1. The molecule has 3 unspecified atom stereocenters. The summed E-state index contributed by atoms with van der Waals surface area (Å²) in [6, 6.07) is -0.281. The second-order valence-electron chi connectivity index (χ2n) is 6.39. The van der Waals surface area contributed by atoms with E-state index in [1.807, 2.05) is 6.92 Å². The van der Waals surface area contributed by atoms with Crippen molar-refractivity contribution in [3.05, 3.63) is 0 Å². The average Bonchev–Trinajstić information content (AvgIpc) is 2.46. The lowest BCUT2D eigenvalue weighted by Gasteiger charge is -2.32. The minimum absolute atomic E-state index is 0.0249. The summed E-state index contributed by atoms with van der Waals surface area (Å²) in [5.74, 6) is 0.637. The maximum absolute atomic E-state index is 12.0. The molecule has 0 aromatic heterocycles. The van der Waals surface area contributed by atoms with Crippen molar-refractivity contribution in [2.75, 3.05) is 13.2 Å². The Morgan fingerprint density at radius 2 is 2.05 bits per heavy atom. The van der Waals surface area contributed by atoms with E-state index < -0.39 is 0 Å². The van der Waals surface area contributed by atoms with Gasteiger partial charge in [0, 0.05) is 6.61 Å². The normalized spacial score (nSPS) is 23.9. The van der Waals surface area contributed by atoms with Crippen LogP contribution in [0.3, 0.4) is 0 Å². The highest BCUT2D eigenvalue weighted by atomic mass is 16.5. The Balaban J connectivity index is 2.39. The molecule has 124 valence electrons. The fraction of sp³-hybridized carbons (Fsp3) is 0.938.